The number of rotatable bonds is 4. The van der Waals surface area contributed by atoms with Crippen LogP contribution in [0.4, 0.5) is 5.00 Å². The van der Waals surface area contributed by atoms with Crippen LogP contribution in [-0.2, 0) is 22.4 Å². The molecule has 0 saturated carbocycles. The molecular formula is C18H16ClN3O3S. The van der Waals surface area contributed by atoms with Crippen molar-refractivity contribution in [3.05, 3.63) is 44.0 Å². The quantitative estimate of drug-likeness (QED) is 0.637. The molecule has 0 unspecified atom stereocenters. The SMILES string of the molecule is Cc1cc(C)c(C(=O)OCC(=O)Nc2sc3c(c2C#N)CCC3)c(Cl)n1. The van der Waals surface area contributed by atoms with Gasteiger partial charge in [-0.1, -0.05) is 11.6 Å². The zero-order chi connectivity index (χ0) is 18.8. The van der Waals surface area contributed by atoms with Crippen LogP contribution in [0.3, 0.4) is 0 Å². The fourth-order valence-electron chi connectivity index (χ4n) is 3.01. The van der Waals surface area contributed by atoms with Crippen molar-refractivity contribution in [1.29, 1.82) is 5.26 Å². The predicted octanol–water partition coefficient (Wildman–Crippen LogP) is 3.57. The van der Waals surface area contributed by atoms with Crippen LogP contribution in [0.5, 0.6) is 0 Å². The van der Waals surface area contributed by atoms with Crippen LogP contribution in [0, 0.1) is 25.2 Å². The van der Waals surface area contributed by atoms with Gasteiger partial charge in [-0.25, -0.2) is 9.78 Å². The average Bonchev–Trinajstić information content (AvgIpc) is 3.12. The molecule has 0 atom stereocenters. The second-order valence-electron chi connectivity index (χ2n) is 6.04. The molecule has 0 saturated heterocycles. The Bertz CT molecular complexity index is 923. The van der Waals surface area contributed by atoms with E-state index in [-0.39, 0.29) is 10.7 Å². The van der Waals surface area contributed by atoms with E-state index in [9.17, 15) is 14.9 Å². The normalized spacial score (nSPS) is 12.4. The molecule has 8 heteroatoms. The zero-order valence-electron chi connectivity index (χ0n) is 14.3. The summed E-state index contributed by atoms with van der Waals surface area (Å²) in [7, 11) is 0. The Morgan fingerprint density at radius 1 is 1.42 bits per heavy atom. The molecular weight excluding hydrogens is 374 g/mol. The summed E-state index contributed by atoms with van der Waals surface area (Å²) in [5, 5.41) is 12.6. The Labute approximate surface area is 159 Å². The van der Waals surface area contributed by atoms with E-state index in [1.165, 1.54) is 11.3 Å². The molecule has 2 aromatic heterocycles. The second-order valence-corrected chi connectivity index (χ2v) is 7.51. The molecule has 26 heavy (non-hydrogen) atoms. The summed E-state index contributed by atoms with van der Waals surface area (Å²) in [5.74, 6) is -1.20. The highest BCUT2D eigenvalue weighted by atomic mass is 35.5. The Balaban J connectivity index is 1.65. The summed E-state index contributed by atoms with van der Waals surface area (Å²) in [6.45, 7) is 3.03. The number of aromatic nitrogens is 1. The minimum absolute atomic E-state index is 0.0503. The molecule has 0 bridgehead atoms. The van der Waals surface area contributed by atoms with Crippen LogP contribution in [0.1, 0.15) is 44.0 Å². The van der Waals surface area contributed by atoms with Crippen LogP contribution in [0.15, 0.2) is 6.07 Å². The summed E-state index contributed by atoms with van der Waals surface area (Å²) >= 11 is 7.42. The number of ether oxygens (including phenoxy) is 1. The molecule has 1 amide bonds. The third-order valence-corrected chi connectivity index (χ3v) is 5.61. The highest BCUT2D eigenvalue weighted by Crippen LogP contribution is 2.38. The standard InChI is InChI=1S/C18H16ClN3O3S/c1-9-6-10(2)21-16(19)15(9)18(24)25-8-14(23)22-17-12(7-20)11-4-3-5-13(11)26-17/h6H,3-5,8H2,1-2H3,(H,22,23). The maximum Gasteiger partial charge on any atom is 0.342 e. The van der Waals surface area contributed by atoms with Gasteiger partial charge < -0.3 is 10.1 Å². The number of carbonyl (C=O) groups excluding carboxylic acids is 2. The van der Waals surface area contributed by atoms with Gasteiger partial charge in [-0.3, -0.25) is 4.79 Å². The maximum atomic E-state index is 12.2. The first-order chi connectivity index (χ1) is 12.4. The van der Waals surface area contributed by atoms with Crippen molar-refractivity contribution < 1.29 is 14.3 Å². The van der Waals surface area contributed by atoms with Crippen LogP contribution >= 0.6 is 22.9 Å². The lowest BCUT2D eigenvalue weighted by Crippen LogP contribution is -2.21. The van der Waals surface area contributed by atoms with Gasteiger partial charge in [-0.2, -0.15) is 5.26 Å². The van der Waals surface area contributed by atoms with Gasteiger partial charge >= 0.3 is 5.97 Å². The molecule has 134 valence electrons. The maximum absolute atomic E-state index is 12.2. The van der Waals surface area contributed by atoms with Crippen molar-refractivity contribution >= 4 is 39.8 Å². The highest BCUT2D eigenvalue weighted by molar-refractivity contribution is 7.16. The number of nitrogens with one attached hydrogen (secondary N) is 1. The van der Waals surface area contributed by atoms with Gasteiger partial charge in [0, 0.05) is 10.6 Å². The van der Waals surface area contributed by atoms with Crippen LogP contribution in [0.25, 0.3) is 0 Å². The molecule has 0 spiro atoms. The van der Waals surface area contributed by atoms with E-state index in [1.54, 1.807) is 19.9 Å². The summed E-state index contributed by atoms with van der Waals surface area (Å²) in [4.78, 5) is 29.5. The molecule has 0 radical (unpaired) electrons. The van der Waals surface area contributed by atoms with Crippen LogP contribution in [-0.4, -0.2) is 23.5 Å². The van der Waals surface area contributed by atoms with E-state index < -0.39 is 18.5 Å². The van der Waals surface area contributed by atoms with Gasteiger partial charge in [0.25, 0.3) is 5.91 Å². The number of anilines is 1. The topological polar surface area (TPSA) is 92.1 Å². The average molecular weight is 390 g/mol. The Morgan fingerprint density at radius 3 is 2.88 bits per heavy atom. The number of amides is 1. The molecule has 1 aliphatic carbocycles. The Hall–Kier alpha value is -2.43. The highest BCUT2D eigenvalue weighted by Gasteiger charge is 2.24. The summed E-state index contributed by atoms with van der Waals surface area (Å²) < 4.78 is 5.06. The molecule has 1 aliphatic rings. The molecule has 0 aliphatic heterocycles. The first-order valence-corrected chi connectivity index (χ1v) is 9.25. The number of aryl methyl sites for hydroxylation is 3. The minimum atomic E-state index is -0.704. The van der Waals surface area contributed by atoms with E-state index in [1.807, 2.05) is 0 Å². The lowest BCUT2D eigenvalue weighted by molar-refractivity contribution is -0.119. The van der Waals surface area contributed by atoms with Gasteiger partial charge in [0.05, 0.1) is 11.1 Å². The van der Waals surface area contributed by atoms with Crippen LogP contribution < -0.4 is 5.32 Å². The fourth-order valence-corrected chi connectivity index (χ4v) is 4.63. The first-order valence-electron chi connectivity index (χ1n) is 8.06. The number of nitriles is 1. The van der Waals surface area contributed by atoms with Crippen molar-refractivity contribution in [3.63, 3.8) is 0 Å². The van der Waals surface area contributed by atoms with E-state index >= 15 is 0 Å². The largest absolute Gasteiger partial charge is 0.452 e. The fraction of sp³-hybridized carbons (Fsp3) is 0.333. The van der Waals surface area contributed by atoms with Crippen molar-refractivity contribution in [2.45, 2.75) is 33.1 Å². The van der Waals surface area contributed by atoms with Crippen molar-refractivity contribution in [2.24, 2.45) is 0 Å². The minimum Gasteiger partial charge on any atom is -0.452 e. The number of thiophene rings is 1. The smallest absolute Gasteiger partial charge is 0.342 e. The molecule has 2 heterocycles. The Kier molecular flexibility index (Phi) is 5.25. The van der Waals surface area contributed by atoms with Crippen molar-refractivity contribution in [2.75, 3.05) is 11.9 Å². The molecule has 1 N–H and O–H groups in total. The number of pyridine rings is 1. The second kappa shape index (κ2) is 7.44. The number of hydrogen-bond acceptors (Lipinski definition) is 6. The molecule has 6 nitrogen and oxygen atoms in total. The summed E-state index contributed by atoms with van der Waals surface area (Å²) in [6, 6.07) is 3.87. The van der Waals surface area contributed by atoms with E-state index in [0.717, 1.165) is 29.7 Å². The van der Waals surface area contributed by atoms with Gasteiger partial charge in [0.1, 0.15) is 16.2 Å². The number of esters is 1. The van der Waals surface area contributed by atoms with Gasteiger partial charge in [0.2, 0.25) is 0 Å². The molecule has 0 aromatic carbocycles. The van der Waals surface area contributed by atoms with E-state index in [2.05, 4.69) is 16.4 Å². The number of fused-ring (bicyclic) bond motifs is 1. The van der Waals surface area contributed by atoms with Crippen molar-refractivity contribution in [3.8, 4) is 6.07 Å². The lowest BCUT2D eigenvalue weighted by Gasteiger charge is -2.09. The number of carbonyl (C=O) groups is 2. The third kappa shape index (κ3) is 3.57. The molecule has 2 aromatic rings. The number of halogens is 1. The molecule has 3 rings (SSSR count). The lowest BCUT2D eigenvalue weighted by atomic mass is 10.1. The van der Waals surface area contributed by atoms with E-state index in [4.69, 9.17) is 16.3 Å². The summed E-state index contributed by atoms with van der Waals surface area (Å²) in [5.41, 5.74) is 3.02. The van der Waals surface area contributed by atoms with E-state index in [0.29, 0.717) is 21.8 Å². The predicted molar refractivity (Wildman–Crippen MR) is 98.7 cm³/mol. The molecule has 0 fully saturated rings. The third-order valence-electron chi connectivity index (χ3n) is 4.13. The Morgan fingerprint density at radius 2 is 2.19 bits per heavy atom. The number of nitrogens with zero attached hydrogens (tertiary/aromatic N) is 2. The van der Waals surface area contributed by atoms with Crippen molar-refractivity contribution in [1.82, 2.24) is 4.98 Å². The first kappa shape index (κ1) is 18.4. The summed E-state index contributed by atoms with van der Waals surface area (Å²) in [6.07, 6.45) is 2.82. The monoisotopic (exact) mass is 389 g/mol. The number of hydrogen-bond donors (Lipinski definition) is 1. The van der Waals surface area contributed by atoms with Gasteiger partial charge in [0.15, 0.2) is 6.61 Å². The van der Waals surface area contributed by atoms with Gasteiger partial charge in [-0.05, 0) is 50.3 Å². The van der Waals surface area contributed by atoms with Crippen LogP contribution in [0.2, 0.25) is 5.15 Å². The van der Waals surface area contributed by atoms with Gasteiger partial charge in [-0.15, -0.1) is 11.3 Å². The zero-order valence-corrected chi connectivity index (χ0v) is 15.9.